The molecule has 0 saturated carbocycles. The number of nitrogens with zero attached hydrogens (tertiary/aromatic N) is 2. The van der Waals surface area contributed by atoms with Gasteiger partial charge in [-0.15, -0.1) is 9.66 Å². The number of nitro groups is 1. The van der Waals surface area contributed by atoms with Crippen molar-refractivity contribution in [3.8, 4) is 5.75 Å². The molecule has 0 amide bonds. The second-order valence-corrected chi connectivity index (χ2v) is 7.45. The molecule has 11 nitrogen and oxygen atoms in total. The lowest BCUT2D eigenvalue weighted by Crippen LogP contribution is -2.52. The molecule has 1 rings (SSSR count). The van der Waals surface area contributed by atoms with Crippen molar-refractivity contribution < 1.29 is 26.9 Å². The number of sulfonamides is 2. The number of rotatable bonds is 6. The van der Waals surface area contributed by atoms with Gasteiger partial charge in [0.2, 0.25) is 20.0 Å². The number of aromatic hydroxyl groups is 1. The topological polar surface area (TPSA) is 159 Å². The van der Waals surface area contributed by atoms with Gasteiger partial charge in [0.15, 0.2) is 0 Å². The highest BCUT2D eigenvalue weighted by molar-refractivity contribution is 7.89. The number of hydrogen-bond acceptors (Lipinski definition) is 8. The Hall–Kier alpha value is -1.96. The van der Waals surface area contributed by atoms with Gasteiger partial charge in [0.25, 0.3) is 5.69 Å². The average molecular weight is 340 g/mol. The summed E-state index contributed by atoms with van der Waals surface area (Å²) < 4.78 is 44.8. The number of hydrogen-bond donors (Lipinski definition) is 3. The maximum absolute atomic E-state index is 11.2. The molecule has 1 aromatic rings. The number of non-ortho nitro benzene ring substituents is 1. The summed E-state index contributed by atoms with van der Waals surface area (Å²) in [6.07, 6.45) is 1.51. The maximum Gasteiger partial charge on any atom is 0.273 e. The van der Waals surface area contributed by atoms with Crippen molar-refractivity contribution in [2.75, 3.05) is 17.6 Å². The summed E-state index contributed by atoms with van der Waals surface area (Å²) in [4.78, 5) is 13.4. The predicted octanol–water partition coefficient (Wildman–Crippen LogP) is -0.965. The van der Waals surface area contributed by atoms with E-state index in [4.69, 9.17) is 0 Å². The maximum atomic E-state index is 11.2. The van der Waals surface area contributed by atoms with Crippen LogP contribution in [0.3, 0.4) is 0 Å². The van der Waals surface area contributed by atoms with Crippen LogP contribution in [0.2, 0.25) is 0 Å². The first-order chi connectivity index (χ1) is 9.39. The first-order valence-electron chi connectivity index (χ1n) is 5.11. The van der Waals surface area contributed by atoms with Crippen molar-refractivity contribution in [1.29, 1.82) is 0 Å². The number of nitrogens with one attached hydrogen (secondary N) is 2. The molecule has 0 aliphatic carbocycles. The SMILES string of the molecule is CS(=O)(=O)NN(NS(C)(=O)=O)c1ccc([N+](=O)[O-])cc1O. The van der Waals surface area contributed by atoms with E-state index < -0.39 is 36.4 Å². The largest absolute Gasteiger partial charge is 0.505 e. The standard InChI is InChI=1S/C8H12N4O7S2/c1-20(16,17)9-11(10-21(2,18)19)7-4-3-6(12(14)15)5-8(7)13/h3-5,9-10,13H,1-2H3. The molecular weight excluding hydrogens is 328 g/mol. The Labute approximate surface area is 120 Å². The van der Waals surface area contributed by atoms with Gasteiger partial charge in [0, 0.05) is 6.07 Å². The zero-order valence-corrected chi connectivity index (χ0v) is 12.5. The summed E-state index contributed by atoms with van der Waals surface area (Å²) in [6, 6.07) is 2.69. The Bertz CT molecular complexity index is 725. The molecule has 0 atom stereocenters. The fourth-order valence-corrected chi connectivity index (χ4v) is 2.27. The molecule has 21 heavy (non-hydrogen) atoms. The Balaban J connectivity index is 3.29. The summed E-state index contributed by atoms with van der Waals surface area (Å²) in [7, 11) is -7.77. The Morgan fingerprint density at radius 2 is 1.62 bits per heavy atom. The van der Waals surface area contributed by atoms with Gasteiger partial charge in [-0.3, -0.25) is 10.1 Å². The fourth-order valence-electron chi connectivity index (χ4n) is 1.26. The van der Waals surface area contributed by atoms with Crippen LogP contribution in [0.4, 0.5) is 11.4 Å². The van der Waals surface area contributed by atoms with Crippen LogP contribution < -0.4 is 14.8 Å². The van der Waals surface area contributed by atoms with Crippen LogP contribution in [0.25, 0.3) is 0 Å². The molecule has 0 radical (unpaired) electrons. The number of phenolic OH excluding ortho intramolecular Hbond substituents is 1. The highest BCUT2D eigenvalue weighted by Gasteiger charge is 2.21. The van der Waals surface area contributed by atoms with Crippen LogP contribution in [0.5, 0.6) is 5.75 Å². The summed E-state index contributed by atoms with van der Waals surface area (Å²) in [5.74, 6) is -0.698. The lowest BCUT2D eigenvalue weighted by Gasteiger charge is -2.23. The van der Waals surface area contributed by atoms with Gasteiger partial charge in [-0.05, 0) is 6.07 Å². The molecule has 0 spiro atoms. The molecule has 0 heterocycles. The smallest absolute Gasteiger partial charge is 0.273 e. The minimum Gasteiger partial charge on any atom is -0.505 e. The molecule has 0 saturated heterocycles. The third kappa shape index (κ3) is 5.50. The molecule has 0 unspecified atom stereocenters. The van der Waals surface area contributed by atoms with E-state index in [0.717, 1.165) is 30.7 Å². The first-order valence-corrected chi connectivity index (χ1v) is 8.90. The lowest BCUT2D eigenvalue weighted by atomic mass is 10.2. The van der Waals surface area contributed by atoms with Gasteiger partial charge in [-0.2, -0.15) is 0 Å². The van der Waals surface area contributed by atoms with Gasteiger partial charge < -0.3 is 5.11 Å². The Morgan fingerprint density at radius 1 is 1.14 bits per heavy atom. The highest BCUT2D eigenvalue weighted by Crippen LogP contribution is 2.29. The van der Waals surface area contributed by atoms with Crippen LogP contribution in [0.15, 0.2) is 18.2 Å². The summed E-state index contributed by atoms with van der Waals surface area (Å²) in [5.41, 5.74) is -0.786. The molecule has 0 aromatic heterocycles. The summed E-state index contributed by atoms with van der Waals surface area (Å²) in [5, 5.41) is 20.7. The predicted molar refractivity (Wildman–Crippen MR) is 73.2 cm³/mol. The second-order valence-electron chi connectivity index (χ2n) is 3.99. The lowest BCUT2D eigenvalue weighted by molar-refractivity contribution is -0.384. The molecule has 0 bridgehead atoms. The molecule has 0 aliphatic rings. The molecule has 0 fully saturated rings. The first kappa shape index (κ1) is 17.1. The molecule has 3 N–H and O–H groups in total. The van der Waals surface area contributed by atoms with Crippen LogP contribution >= 0.6 is 0 Å². The van der Waals surface area contributed by atoms with Crippen LogP contribution in [-0.4, -0.2) is 39.4 Å². The van der Waals surface area contributed by atoms with Crippen LogP contribution in [-0.2, 0) is 20.0 Å². The van der Waals surface area contributed by atoms with Crippen molar-refractivity contribution in [2.45, 2.75) is 0 Å². The van der Waals surface area contributed by atoms with E-state index in [2.05, 4.69) is 0 Å². The van der Waals surface area contributed by atoms with Gasteiger partial charge in [-0.25, -0.2) is 22.0 Å². The molecule has 0 aliphatic heterocycles. The van der Waals surface area contributed by atoms with E-state index in [9.17, 15) is 32.1 Å². The van der Waals surface area contributed by atoms with E-state index in [1.54, 1.807) is 9.66 Å². The third-order valence-electron chi connectivity index (χ3n) is 1.92. The monoisotopic (exact) mass is 340 g/mol. The van der Waals surface area contributed by atoms with E-state index in [1.807, 2.05) is 0 Å². The van der Waals surface area contributed by atoms with E-state index >= 15 is 0 Å². The summed E-state index contributed by atoms with van der Waals surface area (Å²) in [6.45, 7) is 0. The van der Waals surface area contributed by atoms with Crippen molar-refractivity contribution in [3.05, 3.63) is 28.3 Å². The number of nitro benzene ring substituents is 1. The third-order valence-corrected chi connectivity index (χ3v) is 2.95. The number of hydrazine groups is 2. The van der Waals surface area contributed by atoms with E-state index in [0.29, 0.717) is 5.12 Å². The van der Waals surface area contributed by atoms with E-state index in [1.165, 1.54) is 0 Å². The number of benzene rings is 1. The minimum absolute atomic E-state index is 0.337. The highest BCUT2D eigenvalue weighted by atomic mass is 32.2. The number of phenols is 1. The van der Waals surface area contributed by atoms with Crippen LogP contribution in [0, 0.1) is 10.1 Å². The zero-order chi connectivity index (χ0) is 16.4. The molecule has 13 heteroatoms. The zero-order valence-electron chi connectivity index (χ0n) is 10.8. The van der Waals surface area contributed by atoms with Crippen LogP contribution in [0.1, 0.15) is 0 Å². The van der Waals surface area contributed by atoms with Crippen molar-refractivity contribution in [3.63, 3.8) is 0 Å². The van der Waals surface area contributed by atoms with Gasteiger partial charge >= 0.3 is 0 Å². The van der Waals surface area contributed by atoms with E-state index in [-0.39, 0.29) is 5.69 Å². The van der Waals surface area contributed by atoms with Crippen molar-refractivity contribution in [1.82, 2.24) is 9.66 Å². The normalized spacial score (nSPS) is 12.1. The Morgan fingerprint density at radius 3 is 1.95 bits per heavy atom. The Kier molecular flexibility index (Phi) is 4.72. The molecule has 1 aromatic carbocycles. The fraction of sp³-hybridized carbons (Fsp3) is 0.250. The second kappa shape index (κ2) is 5.80. The minimum atomic E-state index is -3.88. The molecule has 118 valence electrons. The quantitative estimate of drug-likeness (QED) is 0.441. The van der Waals surface area contributed by atoms with Gasteiger partial charge in [-0.1, -0.05) is 0 Å². The van der Waals surface area contributed by atoms with Crippen molar-refractivity contribution >= 4 is 31.4 Å². The van der Waals surface area contributed by atoms with Crippen molar-refractivity contribution in [2.24, 2.45) is 0 Å². The molecular formula is C8H12N4O7S2. The van der Waals surface area contributed by atoms with Gasteiger partial charge in [0.05, 0.1) is 23.5 Å². The summed E-state index contributed by atoms with van der Waals surface area (Å²) >= 11 is 0. The average Bonchev–Trinajstić information content (AvgIpc) is 2.23. The van der Waals surface area contributed by atoms with Gasteiger partial charge in [0.1, 0.15) is 11.4 Å². The number of anilines is 1.